The molecule has 0 atom stereocenters. The molecule has 0 spiro atoms. The fourth-order valence-corrected chi connectivity index (χ4v) is 3.36. The molecule has 160 valence electrons. The first-order valence-electron chi connectivity index (χ1n) is 9.66. The Morgan fingerprint density at radius 1 is 0.938 bits per heavy atom. The molecule has 1 aliphatic heterocycles. The molecule has 32 heavy (non-hydrogen) atoms. The number of nitrogens with one attached hydrogen (secondary N) is 1. The molecule has 0 saturated carbocycles. The Morgan fingerprint density at radius 2 is 1.66 bits per heavy atom. The van der Waals surface area contributed by atoms with E-state index < -0.39 is 34.9 Å². The van der Waals surface area contributed by atoms with E-state index in [2.05, 4.69) is 5.32 Å². The van der Waals surface area contributed by atoms with Gasteiger partial charge in [0, 0.05) is 12.6 Å². The molecule has 9 heteroatoms. The van der Waals surface area contributed by atoms with E-state index in [4.69, 9.17) is 4.74 Å². The summed E-state index contributed by atoms with van der Waals surface area (Å²) < 4.78 is 5.76. The van der Waals surface area contributed by atoms with Crippen LogP contribution in [0.1, 0.15) is 26.3 Å². The molecule has 0 fully saturated rings. The van der Waals surface area contributed by atoms with Crippen LogP contribution in [0.4, 0.5) is 5.69 Å². The third kappa shape index (κ3) is 4.17. The standard InChI is InChI=1S/C23H17N3O6/c27-20(14-25-22(28)18-10-5-11-19(26(30)31)21(18)23(25)29)24-13-15-6-4-9-17(12-15)32-16-7-2-1-3-8-16/h1-12H,13-14H2,(H,24,27). The zero-order valence-corrected chi connectivity index (χ0v) is 16.7. The summed E-state index contributed by atoms with van der Waals surface area (Å²) in [7, 11) is 0. The van der Waals surface area contributed by atoms with Crippen molar-refractivity contribution in [3.05, 3.63) is 99.6 Å². The second kappa shape index (κ2) is 8.68. The molecule has 4 rings (SSSR count). The van der Waals surface area contributed by atoms with Crippen molar-refractivity contribution in [1.29, 1.82) is 0 Å². The average Bonchev–Trinajstić information content (AvgIpc) is 3.03. The Balaban J connectivity index is 1.39. The third-order valence-corrected chi connectivity index (χ3v) is 4.84. The highest BCUT2D eigenvalue weighted by atomic mass is 16.6. The first-order valence-corrected chi connectivity index (χ1v) is 9.66. The van der Waals surface area contributed by atoms with Gasteiger partial charge in [0.05, 0.1) is 10.5 Å². The van der Waals surface area contributed by atoms with E-state index in [0.717, 1.165) is 11.6 Å². The maximum absolute atomic E-state index is 12.6. The number of carbonyl (C=O) groups excluding carboxylic acids is 3. The fraction of sp³-hybridized carbons (Fsp3) is 0.0870. The van der Waals surface area contributed by atoms with Crippen molar-refractivity contribution < 1.29 is 24.0 Å². The van der Waals surface area contributed by atoms with Crippen LogP contribution < -0.4 is 10.1 Å². The second-order valence-electron chi connectivity index (χ2n) is 6.99. The van der Waals surface area contributed by atoms with Crippen LogP contribution >= 0.6 is 0 Å². The van der Waals surface area contributed by atoms with Gasteiger partial charge in [-0.3, -0.25) is 29.4 Å². The van der Waals surface area contributed by atoms with Crippen LogP contribution in [0.2, 0.25) is 0 Å². The Kier molecular flexibility index (Phi) is 5.63. The topological polar surface area (TPSA) is 119 Å². The monoisotopic (exact) mass is 431 g/mol. The van der Waals surface area contributed by atoms with Crippen LogP contribution in [0, 0.1) is 10.1 Å². The summed E-state index contributed by atoms with van der Waals surface area (Å²) in [6, 6.07) is 20.2. The van der Waals surface area contributed by atoms with Crippen LogP contribution in [0.25, 0.3) is 0 Å². The quantitative estimate of drug-likeness (QED) is 0.348. The van der Waals surface area contributed by atoms with Gasteiger partial charge in [-0.1, -0.05) is 36.4 Å². The maximum atomic E-state index is 12.6. The lowest BCUT2D eigenvalue weighted by atomic mass is 10.1. The Labute approximate surface area is 182 Å². The normalized spacial score (nSPS) is 12.4. The molecular formula is C23H17N3O6. The molecule has 0 aliphatic carbocycles. The molecule has 9 nitrogen and oxygen atoms in total. The average molecular weight is 431 g/mol. The van der Waals surface area contributed by atoms with Crippen molar-refractivity contribution in [2.75, 3.05) is 6.54 Å². The lowest BCUT2D eigenvalue weighted by Crippen LogP contribution is -2.40. The summed E-state index contributed by atoms with van der Waals surface area (Å²) >= 11 is 0. The van der Waals surface area contributed by atoms with Crippen molar-refractivity contribution in [1.82, 2.24) is 10.2 Å². The number of para-hydroxylation sites is 1. The smallest absolute Gasteiger partial charge is 0.282 e. The molecule has 1 heterocycles. The zero-order valence-electron chi connectivity index (χ0n) is 16.7. The number of fused-ring (bicyclic) bond motifs is 1. The largest absolute Gasteiger partial charge is 0.457 e. The highest BCUT2D eigenvalue weighted by Gasteiger charge is 2.41. The predicted octanol–water partition coefficient (Wildman–Crippen LogP) is 3.30. The maximum Gasteiger partial charge on any atom is 0.282 e. The summed E-state index contributed by atoms with van der Waals surface area (Å²) in [5, 5.41) is 13.8. The van der Waals surface area contributed by atoms with Crippen LogP contribution in [-0.2, 0) is 11.3 Å². The van der Waals surface area contributed by atoms with Crippen LogP contribution in [0.5, 0.6) is 11.5 Å². The number of nitrogens with zero attached hydrogens (tertiary/aromatic N) is 2. The molecule has 0 radical (unpaired) electrons. The number of carbonyl (C=O) groups is 3. The number of hydrogen-bond acceptors (Lipinski definition) is 6. The van der Waals surface area contributed by atoms with Gasteiger partial charge < -0.3 is 10.1 Å². The minimum Gasteiger partial charge on any atom is -0.457 e. The Hall–Kier alpha value is -4.53. The molecule has 1 aliphatic rings. The van der Waals surface area contributed by atoms with Crippen molar-refractivity contribution in [3.8, 4) is 11.5 Å². The summed E-state index contributed by atoms with van der Waals surface area (Å²) in [6.45, 7) is -0.391. The number of ether oxygens (including phenoxy) is 1. The number of hydrogen-bond donors (Lipinski definition) is 1. The first kappa shape index (κ1) is 20.7. The van der Waals surface area contributed by atoms with Gasteiger partial charge in [-0.15, -0.1) is 0 Å². The number of amides is 3. The van der Waals surface area contributed by atoms with Crippen molar-refractivity contribution in [2.45, 2.75) is 6.54 Å². The van der Waals surface area contributed by atoms with Crippen molar-refractivity contribution in [2.24, 2.45) is 0 Å². The van der Waals surface area contributed by atoms with Gasteiger partial charge in [0.15, 0.2) is 0 Å². The molecule has 0 saturated heterocycles. The number of imide groups is 1. The Morgan fingerprint density at radius 3 is 2.41 bits per heavy atom. The number of nitro groups is 1. The van der Waals surface area contributed by atoms with Gasteiger partial charge in [0.2, 0.25) is 5.91 Å². The van der Waals surface area contributed by atoms with Gasteiger partial charge in [-0.05, 0) is 35.9 Å². The highest BCUT2D eigenvalue weighted by Crippen LogP contribution is 2.30. The molecule has 3 amide bonds. The first-order chi connectivity index (χ1) is 15.4. The van der Waals surface area contributed by atoms with Gasteiger partial charge in [0.1, 0.15) is 23.6 Å². The minimum absolute atomic E-state index is 0.0808. The number of rotatable bonds is 7. The van der Waals surface area contributed by atoms with Gasteiger partial charge in [-0.25, -0.2) is 0 Å². The summed E-state index contributed by atoms with van der Waals surface area (Å²) in [5.74, 6) is -0.895. The Bertz CT molecular complexity index is 1230. The molecule has 3 aromatic rings. The molecule has 0 aromatic heterocycles. The third-order valence-electron chi connectivity index (χ3n) is 4.84. The van der Waals surface area contributed by atoms with E-state index >= 15 is 0 Å². The van der Waals surface area contributed by atoms with Crippen LogP contribution in [0.3, 0.4) is 0 Å². The number of nitro benzene ring substituents is 1. The van der Waals surface area contributed by atoms with Crippen LogP contribution in [0.15, 0.2) is 72.8 Å². The lowest BCUT2D eigenvalue weighted by Gasteiger charge is -2.14. The second-order valence-corrected chi connectivity index (χ2v) is 6.99. The number of benzene rings is 3. The van der Waals surface area contributed by atoms with E-state index in [9.17, 15) is 24.5 Å². The van der Waals surface area contributed by atoms with E-state index in [1.54, 1.807) is 24.3 Å². The predicted molar refractivity (Wildman–Crippen MR) is 113 cm³/mol. The van der Waals surface area contributed by atoms with Gasteiger partial charge in [0.25, 0.3) is 17.5 Å². The van der Waals surface area contributed by atoms with Gasteiger partial charge >= 0.3 is 0 Å². The van der Waals surface area contributed by atoms with Crippen molar-refractivity contribution in [3.63, 3.8) is 0 Å². The highest BCUT2D eigenvalue weighted by molar-refractivity contribution is 6.24. The SMILES string of the molecule is O=C(CN1C(=O)c2cccc([N+](=O)[O-])c2C1=O)NCc1cccc(Oc2ccccc2)c1. The van der Waals surface area contributed by atoms with E-state index in [-0.39, 0.29) is 17.7 Å². The van der Waals surface area contributed by atoms with E-state index in [1.165, 1.54) is 12.1 Å². The van der Waals surface area contributed by atoms with E-state index in [1.807, 2.05) is 30.3 Å². The fourth-order valence-electron chi connectivity index (χ4n) is 3.36. The van der Waals surface area contributed by atoms with E-state index in [0.29, 0.717) is 16.4 Å². The zero-order chi connectivity index (χ0) is 22.7. The molecule has 0 unspecified atom stereocenters. The minimum atomic E-state index is -0.856. The molecule has 1 N–H and O–H groups in total. The van der Waals surface area contributed by atoms with Crippen LogP contribution in [-0.4, -0.2) is 34.1 Å². The van der Waals surface area contributed by atoms with Crippen molar-refractivity contribution >= 4 is 23.4 Å². The summed E-state index contributed by atoms with van der Waals surface area (Å²) in [4.78, 5) is 48.6. The van der Waals surface area contributed by atoms with Gasteiger partial charge in [-0.2, -0.15) is 0 Å². The molecular weight excluding hydrogens is 414 g/mol. The molecule has 0 bridgehead atoms. The summed E-state index contributed by atoms with van der Waals surface area (Å²) in [6.07, 6.45) is 0. The summed E-state index contributed by atoms with van der Waals surface area (Å²) in [5.41, 5.74) is -0.0763. The lowest BCUT2D eigenvalue weighted by molar-refractivity contribution is -0.385. The molecule has 3 aromatic carbocycles.